The molecule has 0 unspecified atom stereocenters. The fraction of sp³-hybridized carbons (Fsp3) is 0.462. The first kappa shape index (κ1) is 28.7. The fourth-order valence-corrected chi connectivity index (χ4v) is 4.88. The van der Waals surface area contributed by atoms with Crippen molar-refractivity contribution in [1.29, 1.82) is 0 Å². The van der Waals surface area contributed by atoms with Gasteiger partial charge < -0.3 is 10.2 Å². The van der Waals surface area contributed by atoms with E-state index in [1.807, 2.05) is 52.0 Å². The average molecular weight is 522 g/mol. The van der Waals surface area contributed by atoms with Crippen LogP contribution in [0.3, 0.4) is 0 Å². The van der Waals surface area contributed by atoms with E-state index in [0.717, 1.165) is 28.1 Å². The molecule has 0 fully saturated rings. The van der Waals surface area contributed by atoms with E-state index in [4.69, 9.17) is 11.6 Å². The van der Waals surface area contributed by atoms with E-state index in [-0.39, 0.29) is 18.5 Å². The zero-order valence-corrected chi connectivity index (χ0v) is 22.9. The highest BCUT2D eigenvalue weighted by molar-refractivity contribution is 7.92. The number of amides is 2. The largest absolute Gasteiger partial charge is 0.352 e. The lowest BCUT2D eigenvalue weighted by Gasteiger charge is -2.33. The average Bonchev–Trinajstić information content (AvgIpc) is 2.78. The Balaban J connectivity index is 2.46. The summed E-state index contributed by atoms with van der Waals surface area (Å²) in [5.41, 5.74) is 2.93. The van der Waals surface area contributed by atoms with Crippen LogP contribution in [0.25, 0.3) is 0 Å². The van der Waals surface area contributed by atoms with Gasteiger partial charge in [0, 0.05) is 17.6 Å². The summed E-state index contributed by atoms with van der Waals surface area (Å²) in [6.45, 7) is 9.18. The molecule has 1 N–H and O–H groups in total. The van der Waals surface area contributed by atoms with Crippen LogP contribution in [0.4, 0.5) is 5.69 Å². The molecule has 7 nitrogen and oxygen atoms in total. The molecule has 0 spiro atoms. The van der Waals surface area contributed by atoms with E-state index in [1.165, 1.54) is 4.90 Å². The Labute approximate surface area is 214 Å². The van der Waals surface area contributed by atoms with Crippen molar-refractivity contribution in [3.05, 3.63) is 64.2 Å². The number of hydrogen-bond donors (Lipinski definition) is 1. The van der Waals surface area contributed by atoms with E-state index in [2.05, 4.69) is 5.32 Å². The number of carbonyl (C=O) groups excluding carboxylic acids is 2. The molecule has 0 aliphatic heterocycles. The van der Waals surface area contributed by atoms with Crippen LogP contribution in [0.2, 0.25) is 5.02 Å². The number of rotatable bonds is 11. The van der Waals surface area contributed by atoms with Crippen molar-refractivity contribution >= 4 is 39.1 Å². The highest BCUT2D eigenvalue weighted by Gasteiger charge is 2.32. The van der Waals surface area contributed by atoms with Gasteiger partial charge in [0.05, 0.1) is 11.9 Å². The Morgan fingerprint density at radius 3 is 2.17 bits per heavy atom. The van der Waals surface area contributed by atoms with Gasteiger partial charge in [-0.1, -0.05) is 55.3 Å². The quantitative estimate of drug-likeness (QED) is 0.473. The zero-order valence-electron chi connectivity index (χ0n) is 21.3. The number of sulfonamides is 1. The van der Waals surface area contributed by atoms with Gasteiger partial charge in [0.1, 0.15) is 12.6 Å². The van der Waals surface area contributed by atoms with Gasteiger partial charge >= 0.3 is 0 Å². The standard InChI is InChI=1S/C26H36ClN3O4S/c1-7-20(5)28-26(32)23(8-2)29(16-21-11-9-18(3)10-12-21)25(31)17-30(35(6,33)34)24-14-13-22(27)15-19(24)4/h9-15,20,23H,7-8,16-17H2,1-6H3,(H,28,32)/t20-,23+/m0/s1. The molecular formula is C26H36ClN3O4S. The van der Waals surface area contributed by atoms with Crippen molar-refractivity contribution in [3.8, 4) is 0 Å². The molecular weight excluding hydrogens is 486 g/mol. The molecule has 0 heterocycles. The molecule has 0 saturated heterocycles. The van der Waals surface area contributed by atoms with E-state index >= 15 is 0 Å². The summed E-state index contributed by atoms with van der Waals surface area (Å²) < 4.78 is 26.5. The number of carbonyl (C=O) groups is 2. The summed E-state index contributed by atoms with van der Waals surface area (Å²) in [6.07, 6.45) is 2.20. The predicted octanol–water partition coefficient (Wildman–Crippen LogP) is 4.44. The molecule has 0 radical (unpaired) electrons. The highest BCUT2D eigenvalue weighted by atomic mass is 35.5. The minimum Gasteiger partial charge on any atom is -0.352 e. The predicted molar refractivity (Wildman–Crippen MR) is 142 cm³/mol. The minimum atomic E-state index is -3.79. The SMILES string of the molecule is CC[C@H](C(=O)N[C@@H](C)CC)N(Cc1ccc(C)cc1)C(=O)CN(c1ccc(Cl)cc1C)S(C)(=O)=O. The summed E-state index contributed by atoms with van der Waals surface area (Å²) >= 11 is 6.05. The fourth-order valence-electron chi connectivity index (χ4n) is 3.74. The maximum atomic E-state index is 13.7. The van der Waals surface area contributed by atoms with Gasteiger partial charge in [0.25, 0.3) is 0 Å². The lowest BCUT2D eigenvalue weighted by molar-refractivity contribution is -0.140. The smallest absolute Gasteiger partial charge is 0.244 e. The van der Waals surface area contributed by atoms with Crippen molar-refractivity contribution in [3.63, 3.8) is 0 Å². The molecule has 192 valence electrons. The Bertz CT molecular complexity index is 1140. The first-order valence-electron chi connectivity index (χ1n) is 11.8. The van der Waals surface area contributed by atoms with Crippen LogP contribution >= 0.6 is 11.6 Å². The van der Waals surface area contributed by atoms with E-state index in [0.29, 0.717) is 22.7 Å². The normalized spacial score (nSPS) is 13.1. The summed E-state index contributed by atoms with van der Waals surface area (Å²) in [6, 6.07) is 11.7. The molecule has 0 aromatic heterocycles. The first-order chi connectivity index (χ1) is 16.4. The molecule has 2 aromatic carbocycles. The van der Waals surface area contributed by atoms with Gasteiger partial charge in [-0.05, 0) is 62.9 Å². The highest BCUT2D eigenvalue weighted by Crippen LogP contribution is 2.26. The summed E-state index contributed by atoms with van der Waals surface area (Å²) in [4.78, 5) is 28.3. The van der Waals surface area contributed by atoms with Gasteiger partial charge in [-0.25, -0.2) is 8.42 Å². The third kappa shape index (κ3) is 7.97. The van der Waals surface area contributed by atoms with Crippen molar-refractivity contribution in [2.24, 2.45) is 0 Å². The topological polar surface area (TPSA) is 86.8 Å². The molecule has 2 atom stereocenters. The lowest BCUT2D eigenvalue weighted by atomic mass is 10.1. The molecule has 0 saturated carbocycles. The third-order valence-electron chi connectivity index (χ3n) is 5.97. The van der Waals surface area contributed by atoms with Gasteiger partial charge in [0.2, 0.25) is 21.8 Å². The summed E-state index contributed by atoms with van der Waals surface area (Å²) in [7, 11) is -3.79. The number of benzene rings is 2. The van der Waals surface area contributed by atoms with Gasteiger partial charge in [-0.15, -0.1) is 0 Å². The van der Waals surface area contributed by atoms with Gasteiger partial charge in [0.15, 0.2) is 0 Å². The zero-order chi connectivity index (χ0) is 26.3. The molecule has 0 aliphatic rings. The van der Waals surface area contributed by atoms with Crippen molar-refractivity contribution in [1.82, 2.24) is 10.2 Å². The second-order valence-electron chi connectivity index (χ2n) is 8.95. The Kier molecular flexibility index (Phi) is 10.2. The van der Waals surface area contributed by atoms with E-state index < -0.39 is 28.5 Å². The molecule has 0 bridgehead atoms. The third-order valence-corrected chi connectivity index (χ3v) is 7.33. The number of aryl methyl sites for hydroxylation is 2. The maximum absolute atomic E-state index is 13.7. The number of anilines is 1. The molecule has 9 heteroatoms. The van der Waals surface area contributed by atoms with Crippen LogP contribution in [-0.4, -0.2) is 50.0 Å². The second kappa shape index (κ2) is 12.4. The van der Waals surface area contributed by atoms with Crippen molar-refractivity contribution in [2.75, 3.05) is 17.1 Å². The van der Waals surface area contributed by atoms with E-state index in [9.17, 15) is 18.0 Å². The van der Waals surface area contributed by atoms with Gasteiger partial charge in [-0.2, -0.15) is 0 Å². The first-order valence-corrected chi connectivity index (χ1v) is 14.0. The second-order valence-corrected chi connectivity index (χ2v) is 11.3. The summed E-state index contributed by atoms with van der Waals surface area (Å²) in [5, 5.41) is 3.43. The van der Waals surface area contributed by atoms with Crippen LogP contribution < -0.4 is 9.62 Å². The number of nitrogens with zero attached hydrogens (tertiary/aromatic N) is 2. The monoisotopic (exact) mass is 521 g/mol. The molecule has 2 amide bonds. The Morgan fingerprint density at radius 2 is 1.66 bits per heavy atom. The Hall–Kier alpha value is -2.58. The lowest BCUT2D eigenvalue weighted by Crippen LogP contribution is -2.53. The number of hydrogen-bond acceptors (Lipinski definition) is 4. The maximum Gasteiger partial charge on any atom is 0.244 e. The molecule has 2 rings (SSSR count). The van der Waals surface area contributed by atoms with Crippen molar-refractivity contribution < 1.29 is 18.0 Å². The Morgan fingerprint density at radius 1 is 1.03 bits per heavy atom. The summed E-state index contributed by atoms with van der Waals surface area (Å²) in [5.74, 6) is -0.715. The number of nitrogens with one attached hydrogen (secondary N) is 1. The molecule has 0 aliphatic carbocycles. The molecule has 35 heavy (non-hydrogen) atoms. The minimum absolute atomic E-state index is 0.0443. The van der Waals surface area contributed by atoms with Crippen LogP contribution in [-0.2, 0) is 26.2 Å². The number of halogens is 1. The van der Waals surface area contributed by atoms with Crippen LogP contribution in [0.15, 0.2) is 42.5 Å². The van der Waals surface area contributed by atoms with Crippen LogP contribution in [0.1, 0.15) is 50.3 Å². The van der Waals surface area contributed by atoms with Crippen LogP contribution in [0, 0.1) is 13.8 Å². The molecule has 2 aromatic rings. The van der Waals surface area contributed by atoms with Crippen molar-refractivity contribution in [2.45, 2.75) is 66.1 Å². The van der Waals surface area contributed by atoms with Gasteiger partial charge in [-0.3, -0.25) is 13.9 Å². The van der Waals surface area contributed by atoms with Crippen LogP contribution in [0.5, 0.6) is 0 Å². The van der Waals surface area contributed by atoms with E-state index in [1.54, 1.807) is 25.1 Å².